The van der Waals surface area contributed by atoms with Gasteiger partial charge in [-0.2, -0.15) is 5.10 Å². The number of para-hydroxylation sites is 1. The number of anilines is 1. The highest BCUT2D eigenvalue weighted by Gasteiger charge is 2.14. The van der Waals surface area contributed by atoms with Gasteiger partial charge < -0.3 is 5.32 Å². The van der Waals surface area contributed by atoms with Crippen LogP contribution in [0.15, 0.2) is 47.6 Å². The zero-order chi connectivity index (χ0) is 16.8. The minimum Gasteiger partial charge on any atom is -0.317 e. The van der Waals surface area contributed by atoms with E-state index in [1.165, 1.54) is 6.21 Å². The summed E-state index contributed by atoms with van der Waals surface area (Å²) in [7, 11) is 0. The minimum atomic E-state index is -0.809. The van der Waals surface area contributed by atoms with Crippen molar-refractivity contribution in [1.29, 1.82) is 0 Å². The predicted octanol–water partition coefficient (Wildman–Crippen LogP) is 2.70. The van der Waals surface area contributed by atoms with Gasteiger partial charge in [0.1, 0.15) is 0 Å². The summed E-state index contributed by atoms with van der Waals surface area (Å²) in [6, 6.07) is 13.3. The average molecular weight is 309 g/mol. The van der Waals surface area contributed by atoms with E-state index in [2.05, 4.69) is 15.8 Å². The zero-order valence-electron chi connectivity index (χ0n) is 13.4. The van der Waals surface area contributed by atoms with E-state index in [1.54, 1.807) is 0 Å². The summed E-state index contributed by atoms with van der Waals surface area (Å²) >= 11 is 0. The molecule has 5 heteroatoms. The molecule has 0 aliphatic rings. The number of nitrogens with one attached hydrogen (secondary N) is 2. The Balaban J connectivity index is 1.95. The van der Waals surface area contributed by atoms with Crippen LogP contribution in [0.4, 0.5) is 5.69 Å². The van der Waals surface area contributed by atoms with E-state index >= 15 is 0 Å². The van der Waals surface area contributed by atoms with Gasteiger partial charge in [0.2, 0.25) is 0 Å². The Morgan fingerprint density at radius 2 is 1.52 bits per heavy atom. The molecule has 0 aliphatic carbocycles. The Morgan fingerprint density at radius 1 is 0.913 bits per heavy atom. The SMILES string of the molecule is Cc1ccc(/C=N/NC(=O)C(=O)Nc2c(C)cccc2C)cc1. The number of carbonyl (C=O) groups excluding carboxylic acids is 2. The second-order valence-corrected chi connectivity index (χ2v) is 5.33. The summed E-state index contributed by atoms with van der Waals surface area (Å²) in [6.45, 7) is 5.73. The summed E-state index contributed by atoms with van der Waals surface area (Å²) in [6.07, 6.45) is 1.49. The van der Waals surface area contributed by atoms with Crippen molar-refractivity contribution in [3.63, 3.8) is 0 Å². The van der Waals surface area contributed by atoms with Gasteiger partial charge in [-0.3, -0.25) is 9.59 Å². The Hall–Kier alpha value is -2.95. The maximum atomic E-state index is 11.9. The van der Waals surface area contributed by atoms with Crippen molar-refractivity contribution >= 4 is 23.7 Å². The lowest BCUT2D eigenvalue weighted by Gasteiger charge is -2.10. The van der Waals surface area contributed by atoms with Crippen molar-refractivity contribution in [3.05, 3.63) is 64.7 Å². The van der Waals surface area contributed by atoms with Gasteiger partial charge in [0.05, 0.1) is 6.21 Å². The van der Waals surface area contributed by atoms with Gasteiger partial charge in [-0.15, -0.1) is 0 Å². The van der Waals surface area contributed by atoms with Crippen LogP contribution < -0.4 is 10.7 Å². The highest BCUT2D eigenvalue weighted by atomic mass is 16.2. The number of hydrogen-bond acceptors (Lipinski definition) is 3. The number of carbonyl (C=O) groups is 2. The summed E-state index contributed by atoms with van der Waals surface area (Å²) < 4.78 is 0. The number of rotatable bonds is 3. The lowest BCUT2D eigenvalue weighted by molar-refractivity contribution is -0.136. The Bertz CT molecular complexity index is 729. The first-order valence-electron chi connectivity index (χ1n) is 7.24. The molecule has 2 aromatic rings. The van der Waals surface area contributed by atoms with Gasteiger partial charge >= 0.3 is 11.8 Å². The molecule has 2 rings (SSSR count). The molecular weight excluding hydrogens is 290 g/mol. The van der Waals surface area contributed by atoms with Gasteiger partial charge in [0.25, 0.3) is 0 Å². The van der Waals surface area contributed by atoms with Gasteiger partial charge in [-0.25, -0.2) is 5.43 Å². The molecule has 0 aliphatic heterocycles. The molecule has 0 saturated heterocycles. The first-order valence-corrected chi connectivity index (χ1v) is 7.24. The molecule has 0 unspecified atom stereocenters. The quantitative estimate of drug-likeness (QED) is 0.520. The number of hydrazone groups is 1. The Kier molecular flexibility index (Phi) is 5.25. The number of benzene rings is 2. The summed E-state index contributed by atoms with van der Waals surface area (Å²) in [5.74, 6) is -1.56. The van der Waals surface area contributed by atoms with Crippen molar-refractivity contribution in [3.8, 4) is 0 Å². The molecule has 118 valence electrons. The Labute approximate surface area is 135 Å². The largest absolute Gasteiger partial charge is 0.329 e. The van der Waals surface area contributed by atoms with Crippen LogP contribution in [0.25, 0.3) is 0 Å². The standard InChI is InChI=1S/C18H19N3O2/c1-12-7-9-15(10-8-12)11-19-21-18(23)17(22)20-16-13(2)5-4-6-14(16)3/h4-11H,1-3H3,(H,20,22)(H,21,23)/b19-11+. The van der Waals surface area contributed by atoms with E-state index in [-0.39, 0.29) is 0 Å². The van der Waals surface area contributed by atoms with Crippen LogP contribution in [0.2, 0.25) is 0 Å². The van der Waals surface area contributed by atoms with E-state index in [0.717, 1.165) is 22.3 Å². The zero-order valence-corrected chi connectivity index (χ0v) is 13.4. The van der Waals surface area contributed by atoms with Crippen LogP contribution in [0.5, 0.6) is 0 Å². The summed E-state index contributed by atoms with van der Waals surface area (Å²) in [5, 5.41) is 6.40. The molecule has 23 heavy (non-hydrogen) atoms. The molecule has 0 aromatic heterocycles. The third-order valence-electron chi connectivity index (χ3n) is 3.38. The first kappa shape index (κ1) is 16.4. The molecule has 0 saturated carbocycles. The highest BCUT2D eigenvalue weighted by molar-refractivity contribution is 6.39. The van der Waals surface area contributed by atoms with E-state index in [0.29, 0.717) is 5.69 Å². The molecule has 0 atom stereocenters. The van der Waals surface area contributed by atoms with E-state index in [4.69, 9.17) is 0 Å². The predicted molar refractivity (Wildman–Crippen MR) is 91.5 cm³/mol. The maximum Gasteiger partial charge on any atom is 0.329 e. The number of hydrogen-bond donors (Lipinski definition) is 2. The van der Waals surface area contributed by atoms with Crippen molar-refractivity contribution in [2.24, 2.45) is 5.10 Å². The Morgan fingerprint density at radius 3 is 2.13 bits per heavy atom. The molecule has 0 heterocycles. The molecule has 0 bridgehead atoms. The first-order chi connectivity index (χ1) is 11.0. The van der Waals surface area contributed by atoms with Crippen molar-refractivity contribution in [2.45, 2.75) is 20.8 Å². The van der Waals surface area contributed by atoms with Crippen molar-refractivity contribution in [1.82, 2.24) is 5.43 Å². The van der Waals surface area contributed by atoms with Crippen LogP contribution in [-0.2, 0) is 9.59 Å². The maximum absolute atomic E-state index is 11.9. The summed E-state index contributed by atoms with van der Waals surface area (Å²) in [4.78, 5) is 23.7. The number of aryl methyl sites for hydroxylation is 3. The molecule has 2 aromatic carbocycles. The second kappa shape index (κ2) is 7.35. The molecular formula is C18H19N3O2. The van der Waals surface area contributed by atoms with Crippen LogP contribution >= 0.6 is 0 Å². The van der Waals surface area contributed by atoms with E-state index < -0.39 is 11.8 Å². The molecule has 0 fully saturated rings. The molecule has 0 radical (unpaired) electrons. The number of amides is 2. The molecule has 5 nitrogen and oxygen atoms in total. The summed E-state index contributed by atoms with van der Waals surface area (Å²) in [5.41, 5.74) is 6.64. The van der Waals surface area contributed by atoms with Crippen LogP contribution in [0.3, 0.4) is 0 Å². The fourth-order valence-corrected chi connectivity index (χ4v) is 2.05. The fraction of sp³-hybridized carbons (Fsp3) is 0.167. The van der Waals surface area contributed by atoms with Gasteiger partial charge in [-0.1, -0.05) is 48.0 Å². The van der Waals surface area contributed by atoms with Gasteiger partial charge in [0, 0.05) is 5.69 Å². The van der Waals surface area contributed by atoms with Gasteiger partial charge in [-0.05, 0) is 37.5 Å². The number of nitrogens with zero attached hydrogens (tertiary/aromatic N) is 1. The van der Waals surface area contributed by atoms with E-state index in [1.807, 2.05) is 63.2 Å². The minimum absolute atomic E-state index is 0.648. The lowest BCUT2D eigenvalue weighted by Crippen LogP contribution is -2.32. The smallest absolute Gasteiger partial charge is 0.317 e. The van der Waals surface area contributed by atoms with Crippen LogP contribution in [0, 0.1) is 20.8 Å². The van der Waals surface area contributed by atoms with Crippen LogP contribution in [-0.4, -0.2) is 18.0 Å². The third kappa shape index (κ3) is 4.51. The normalized spacial score (nSPS) is 10.6. The molecule has 0 spiro atoms. The molecule has 2 N–H and O–H groups in total. The fourth-order valence-electron chi connectivity index (χ4n) is 2.05. The highest BCUT2D eigenvalue weighted by Crippen LogP contribution is 2.19. The van der Waals surface area contributed by atoms with Crippen LogP contribution in [0.1, 0.15) is 22.3 Å². The van der Waals surface area contributed by atoms with Crippen molar-refractivity contribution < 1.29 is 9.59 Å². The monoisotopic (exact) mass is 309 g/mol. The molecule has 2 amide bonds. The average Bonchev–Trinajstić information content (AvgIpc) is 2.52. The van der Waals surface area contributed by atoms with Gasteiger partial charge in [0.15, 0.2) is 0 Å². The second-order valence-electron chi connectivity index (χ2n) is 5.33. The topological polar surface area (TPSA) is 70.6 Å². The van der Waals surface area contributed by atoms with Crippen molar-refractivity contribution in [2.75, 3.05) is 5.32 Å². The lowest BCUT2D eigenvalue weighted by atomic mass is 10.1. The van der Waals surface area contributed by atoms with E-state index in [9.17, 15) is 9.59 Å². The third-order valence-corrected chi connectivity index (χ3v) is 3.38.